The quantitative estimate of drug-likeness (QED) is 0.628. The molecule has 0 atom stereocenters. The van der Waals surface area contributed by atoms with Crippen molar-refractivity contribution < 1.29 is 5.37 Å². The van der Waals surface area contributed by atoms with Gasteiger partial charge in [-0.1, -0.05) is 0 Å². The van der Waals surface area contributed by atoms with Gasteiger partial charge < -0.3 is 0 Å². The minimum absolute atomic E-state index is 0.686. The molecule has 0 aliphatic carbocycles. The van der Waals surface area contributed by atoms with E-state index in [4.69, 9.17) is 5.37 Å². The molecule has 0 N–H and O–H groups in total. The van der Waals surface area contributed by atoms with Crippen molar-refractivity contribution in [3.63, 3.8) is 0 Å². The molecule has 0 fully saturated rings. The molecule has 2 aromatic carbocycles. The Hall–Kier alpha value is -0.718. The van der Waals surface area contributed by atoms with E-state index in [0.717, 1.165) is 0 Å². The molecule has 0 saturated carbocycles. The second-order valence-electron chi connectivity index (χ2n) is 4.21. The van der Waals surface area contributed by atoms with Crippen LogP contribution in [0.5, 0.6) is 0 Å². The normalized spacial score (nSPS) is 11.5. The average Bonchev–Trinajstić information content (AvgIpc) is 2.49. The van der Waals surface area contributed by atoms with Crippen LogP contribution in [0.25, 0.3) is 0 Å². The van der Waals surface area contributed by atoms with E-state index < -0.39 is 22.1 Å². The molecule has 0 bridgehead atoms. The molecule has 2 rings (SSSR count). The monoisotopic (exact) mass is 452 g/mol. The van der Waals surface area contributed by atoms with Crippen molar-refractivity contribution in [3.05, 3.63) is 60.7 Å². The second kappa shape index (κ2) is 7.17. The zero-order chi connectivity index (χ0) is 13.6. The van der Waals surface area contributed by atoms with Crippen LogP contribution in [0, 0.1) is 0 Å². The molecule has 0 aliphatic heterocycles. The molecule has 0 aliphatic rings. The standard InChI is InChI=1S/2C6H5.2C2H5O.Pb/c2*1-2-4-6-5-3-1;2*1-2-3;/h2*1-5H;2*2H2,1H3;/q;;2*-1;+2. The first kappa shape index (κ1) is 14.7. The molecule has 19 heavy (non-hydrogen) atoms. The third kappa shape index (κ3) is 3.24. The van der Waals surface area contributed by atoms with Crippen LogP contribution in [0.3, 0.4) is 0 Å². The fourth-order valence-electron chi connectivity index (χ4n) is 2.26. The topological polar surface area (TPSA) is 18.5 Å². The summed E-state index contributed by atoms with van der Waals surface area (Å²) >= 11 is -3.59. The molecular formula is C16H20O2Pb. The molecule has 3 heteroatoms. The van der Waals surface area contributed by atoms with Crippen LogP contribution < -0.4 is 6.25 Å². The third-order valence-corrected chi connectivity index (χ3v) is 16.9. The summed E-state index contributed by atoms with van der Waals surface area (Å²) in [5, 5.41) is 0. The van der Waals surface area contributed by atoms with Crippen molar-refractivity contribution in [2.45, 2.75) is 13.8 Å². The first-order valence-corrected chi connectivity index (χ1v) is 13.8. The molecule has 0 saturated heterocycles. The average molecular weight is 452 g/mol. The van der Waals surface area contributed by atoms with Gasteiger partial charge in [0.1, 0.15) is 0 Å². The Balaban J connectivity index is 2.54. The van der Waals surface area contributed by atoms with E-state index in [2.05, 4.69) is 48.5 Å². The molecule has 0 heterocycles. The Morgan fingerprint density at radius 3 is 1.37 bits per heavy atom. The zero-order valence-electron chi connectivity index (χ0n) is 11.5. The Kier molecular flexibility index (Phi) is 5.54. The van der Waals surface area contributed by atoms with Gasteiger partial charge in [0.25, 0.3) is 0 Å². The van der Waals surface area contributed by atoms with Gasteiger partial charge in [0, 0.05) is 0 Å². The van der Waals surface area contributed by atoms with Gasteiger partial charge in [0.15, 0.2) is 0 Å². The summed E-state index contributed by atoms with van der Waals surface area (Å²) in [6.07, 6.45) is 0. The van der Waals surface area contributed by atoms with E-state index in [1.165, 1.54) is 6.25 Å². The van der Waals surface area contributed by atoms with Crippen LogP contribution in [0.1, 0.15) is 13.8 Å². The zero-order valence-corrected chi connectivity index (χ0v) is 15.4. The first-order valence-electron chi connectivity index (χ1n) is 6.72. The maximum atomic E-state index is 6.24. The van der Waals surface area contributed by atoms with Crippen LogP contribution >= 0.6 is 0 Å². The van der Waals surface area contributed by atoms with Crippen molar-refractivity contribution in [2.75, 3.05) is 13.2 Å². The van der Waals surface area contributed by atoms with Crippen molar-refractivity contribution in [1.82, 2.24) is 0 Å². The molecule has 2 nitrogen and oxygen atoms in total. The summed E-state index contributed by atoms with van der Waals surface area (Å²) < 4.78 is 15.0. The molecule has 0 spiro atoms. The maximum absolute atomic E-state index is 6.24. The van der Waals surface area contributed by atoms with Crippen LogP contribution in [0.4, 0.5) is 0 Å². The van der Waals surface area contributed by atoms with Gasteiger partial charge in [0.05, 0.1) is 0 Å². The first-order chi connectivity index (χ1) is 9.33. The molecule has 0 unspecified atom stereocenters. The van der Waals surface area contributed by atoms with Crippen molar-refractivity contribution in [2.24, 2.45) is 0 Å². The van der Waals surface area contributed by atoms with Gasteiger partial charge in [-0.2, -0.15) is 0 Å². The van der Waals surface area contributed by atoms with E-state index in [1.807, 2.05) is 26.0 Å². The predicted molar refractivity (Wildman–Crippen MR) is 81.2 cm³/mol. The van der Waals surface area contributed by atoms with Crippen molar-refractivity contribution >= 4 is 28.3 Å². The van der Waals surface area contributed by atoms with Crippen LogP contribution in [0.2, 0.25) is 0 Å². The van der Waals surface area contributed by atoms with Crippen LogP contribution in [0.15, 0.2) is 60.7 Å². The van der Waals surface area contributed by atoms with Gasteiger partial charge in [-0.25, -0.2) is 0 Å². The molecule has 0 radical (unpaired) electrons. The van der Waals surface area contributed by atoms with E-state index in [9.17, 15) is 0 Å². The predicted octanol–water partition coefficient (Wildman–Crippen LogP) is 2.32. The van der Waals surface area contributed by atoms with Crippen LogP contribution in [-0.4, -0.2) is 35.3 Å². The Morgan fingerprint density at radius 2 is 1.05 bits per heavy atom. The summed E-state index contributed by atoms with van der Waals surface area (Å²) in [7, 11) is 0. The van der Waals surface area contributed by atoms with Crippen molar-refractivity contribution in [1.29, 1.82) is 0 Å². The van der Waals surface area contributed by atoms with Gasteiger partial charge in [-0.15, -0.1) is 0 Å². The fraction of sp³-hybridized carbons (Fsp3) is 0.250. The molecule has 0 aromatic heterocycles. The van der Waals surface area contributed by atoms with E-state index >= 15 is 0 Å². The second-order valence-corrected chi connectivity index (χ2v) is 15.7. The Bertz CT molecular complexity index is 437. The van der Waals surface area contributed by atoms with E-state index in [1.54, 1.807) is 0 Å². The number of benzene rings is 2. The molecule has 2 aromatic rings. The summed E-state index contributed by atoms with van der Waals surface area (Å²) in [6.45, 7) is 5.45. The number of hydrogen-bond donors (Lipinski definition) is 0. The van der Waals surface area contributed by atoms with E-state index in [-0.39, 0.29) is 0 Å². The SMILES string of the molecule is CC[O][Pb]([O]CC)([c]1ccccc1)[c]1ccccc1. The minimum atomic E-state index is -3.59. The molecular weight excluding hydrogens is 431 g/mol. The number of rotatable bonds is 6. The summed E-state index contributed by atoms with van der Waals surface area (Å²) in [5.74, 6) is 0. The Morgan fingerprint density at radius 1 is 0.684 bits per heavy atom. The van der Waals surface area contributed by atoms with Crippen LogP contribution in [-0.2, 0) is 5.37 Å². The third-order valence-electron chi connectivity index (χ3n) is 3.00. The summed E-state index contributed by atoms with van der Waals surface area (Å²) in [6, 6.07) is 20.9. The van der Waals surface area contributed by atoms with Gasteiger partial charge in [-0.3, -0.25) is 0 Å². The van der Waals surface area contributed by atoms with Crippen molar-refractivity contribution in [3.8, 4) is 0 Å². The number of hydrogen-bond acceptors (Lipinski definition) is 2. The van der Waals surface area contributed by atoms with Gasteiger partial charge >= 0.3 is 121 Å². The molecule has 100 valence electrons. The van der Waals surface area contributed by atoms with Gasteiger partial charge in [0.2, 0.25) is 0 Å². The van der Waals surface area contributed by atoms with E-state index in [0.29, 0.717) is 13.2 Å². The van der Waals surface area contributed by atoms with Gasteiger partial charge in [-0.05, 0) is 0 Å². The Labute approximate surface area is 121 Å². The summed E-state index contributed by atoms with van der Waals surface area (Å²) in [4.78, 5) is 0. The summed E-state index contributed by atoms with van der Waals surface area (Å²) in [5.41, 5.74) is 0. The fourth-order valence-corrected chi connectivity index (χ4v) is 14.5. The molecule has 0 amide bonds.